The molecule has 2 aromatic rings. The van der Waals surface area contributed by atoms with Crippen molar-refractivity contribution in [2.24, 2.45) is 5.92 Å². The van der Waals surface area contributed by atoms with Gasteiger partial charge in [-0.3, -0.25) is 4.90 Å². The predicted octanol–water partition coefficient (Wildman–Crippen LogP) is 4.88. The Kier molecular flexibility index (Phi) is 5.99. The Bertz CT molecular complexity index is 857. The van der Waals surface area contributed by atoms with E-state index < -0.39 is 11.7 Å². The van der Waals surface area contributed by atoms with E-state index >= 15 is 0 Å². The fourth-order valence-electron chi connectivity index (χ4n) is 4.30. The van der Waals surface area contributed by atoms with Crippen molar-refractivity contribution in [2.75, 3.05) is 31.5 Å². The molecule has 4 nitrogen and oxygen atoms in total. The van der Waals surface area contributed by atoms with Crippen molar-refractivity contribution in [3.63, 3.8) is 0 Å². The Balaban J connectivity index is 1.21. The van der Waals surface area contributed by atoms with Gasteiger partial charge in [-0.05, 0) is 62.0 Å². The summed E-state index contributed by atoms with van der Waals surface area (Å²) < 4.78 is 38.5. The molecule has 0 bridgehead atoms. The van der Waals surface area contributed by atoms with Crippen LogP contribution in [0.5, 0.6) is 0 Å². The first-order chi connectivity index (χ1) is 14.4. The molecule has 0 atom stereocenters. The molecule has 2 heterocycles. The second kappa shape index (κ2) is 8.68. The van der Waals surface area contributed by atoms with E-state index in [-0.39, 0.29) is 11.7 Å². The number of carbonyl (C=O) groups excluding carboxylic acids is 1. The van der Waals surface area contributed by atoms with Gasteiger partial charge in [0.2, 0.25) is 0 Å². The smallest absolute Gasteiger partial charge is 0.321 e. The van der Waals surface area contributed by atoms with Crippen molar-refractivity contribution in [3.8, 4) is 0 Å². The number of hydrogen-bond donors (Lipinski definition) is 1. The second-order valence-corrected chi connectivity index (χ2v) is 8.24. The van der Waals surface area contributed by atoms with Gasteiger partial charge in [-0.2, -0.15) is 13.2 Å². The summed E-state index contributed by atoms with van der Waals surface area (Å²) in [5.41, 5.74) is 0.789. The zero-order chi connectivity index (χ0) is 21.1. The van der Waals surface area contributed by atoms with E-state index in [4.69, 9.17) is 0 Å². The number of nitrogens with zero attached hydrogens (tertiary/aromatic N) is 2. The number of amides is 2. The number of carbonyl (C=O) groups is 1. The number of benzene rings is 2. The average Bonchev–Trinajstić information content (AvgIpc) is 2.68. The van der Waals surface area contributed by atoms with Crippen LogP contribution in [-0.2, 0) is 12.6 Å². The van der Waals surface area contributed by atoms with E-state index in [1.54, 1.807) is 4.90 Å². The van der Waals surface area contributed by atoms with Gasteiger partial charge >= 0.3 is 12.2 Å². The van der Waals surface area contributed by atoms with Crippen LogP contribution in [0.2, 0.25) is 0 Å². The predicted molar refractivity (Wildman–Crippen MR) is 110 cm³/mol. The van der Waals surface area contributed by atoms with Gasteiger partial charge in [-0.15, -0.1) is 0 Å². The molecule has 2 aliphatic rings. The number of likely N-dealkylation sites (tertiary alicyclic amines) is 2. The van der Waals surface area contributed by atoms with Crippen LogP contribution in [0.25, 0.3) is 0 Å². The molecule has 30 heavy (non-hydrogen) atoms. The molecule has 4 rings (SSSR count). The summed E-state index contributed by atoms with van der Waals surface area (Å²) in [6.07, 6.45) is -0.996. The summed E-state index contributed by atoms with van der Waals surface area (Å²) in [4.78, 5) is 16.4. The second-order valence-electron chi connectivity index (χ2n) is 8.24. The highest BCUT2D eigenvalue weighted by Gasteiger charge is 2.36. The van der Waals surface area contributed by atoms with E-state index in [0.717, 1.165) is 44.5 Å². The van der Waals surface area contributed by atoms with E-state index in [1.165, 1.54) is 17.7 Å². The molecular formula is C23H26F3N3O. The number of urea groups is 1. The van der Waals surface area contributed by atoms with Crippen LogP contribution in [-0.4, -0.2) is 48.1 Å². The molecule has 0 aliphatic carbocycles. The third kappa shape index (κ3) is 4.95. The number of hydrogen-bond acceptors (Lipinski definition) is 2. The third-order valence-electron chi connectivity index (χ3n) is 6.12. The summed E-state index contributed by atoms with van der Waals surface area (Å²) >= 11 is 0. The van der Waals surface area contributed by atoms with Crippen LogP contribution >= 0.6 is 0 Å². The van der Waals surface area contributed by atoms with Gasteiger partial charge in [0.15, 0.2) is 0 Å². The maximum atomic E-state index is 12.8. The molecule has 2 aromatic carbocycles. The highest BCUT2D eigenvalue weighted by atomic mass is 19.4. The van der Waals surface area contributed by atoms with Crippen molar-refractivity contribution in [3.05, 3.63) is 65.7 Å². The largest absolute Gasteiger partial charge is 0.416 e. The summed E-state index contributed by atoms with van der Waals surface area (Å²) in [7, 11) is 0. The topological polar surface area (TPSA) is 35.6 Å². The zero-order valence-electron chi connectivity index (χ0n) is 16.7. The Morgan fingerprint density at radius 2 is 1.70 bits per heavy atom. The molecule has 0 radical (unpaired) electrons. The first-order valence-corrected chi connectivity index (χ1v) is 10.4. The van der Waals surface area contributed by atoms with Crippen LogP contribution in [0.4, 0.5) is 23.7 Å². The fourth-order valence-corrected chi connectivity index (χ4v) is 4.30. The molecule has 160 valence electrons. The molecular weight excluding hydrogens is 391 g/mol. The highest BCUT2D eigenvalue weighted by molar-refractivity contribution is 5.90. The lowest BCUT2D eigenvalue weighted by atomic mass is 9.89. The van der Waals surface area contributed by atoms with Crippen LogP contribution in [0.1, 0.15) is 24.0 Å². The van der Waals surface area contributed by atoms with Gasteiger partial charge in [0.05, 0.1) is 5.56 Å². The number of alkyl halides is 3. The number of halogens is 3. The minimum Gasteiger partial charge on any atom is -0.321 e. The SMILES string of the molecule is O=C(Nc1cccc(C(F)(F)F)c1)N1CC(N2CCC(Cc3ccccc3)CC2)C1. The first kappa shape index (κ1) is 20.7. The Morgan fingerprint density at radius 3 is 2.37 bits per heavy atom. The normalized spacial score (nSPS) is 18.8. The van der Waals surface area contributed by atoms with Crippen LogP contribution in [0.3, 0.4) is 0 Å². The van der Waals surface area contributed by atoms with Crippen LogP contribution in [0.15, 0.2) is 54.6 Å². The molecule has 0 spiro atoms. The fraction of sp³-hybridized carbons (Fsp3) is 0.435. The minimum atomic E-state index is -4.42. The molecule has 0 unspecified atom stereocenters. The summed E-state index contributed by atoms with van der Waals surface area (Å²) in [5, 5.41) is 2.58. The molecule has 0 saturated carbocycles. The molecule has 0 aromatic heterocycles. The molecule has 7 heteroatoms. The summed E-state index contributed by atoms with van der Waals surface area (Å²) in [6.45, 7) is 3.30. The lowest BCUT2D eigenvalue weighted by Gasteiger charge is -2.47. The van der Waals surface area contributed by atoms with Gasteiger partial charge in [-0.25, -0.2) is 4.79 Å². The maximum Gasteiger partial charge on any atom is 0.416 e. The van der Waals surface area contributed by atoms with Crippen molar-refractivity contribution in [1.29, 1.82) is 0 Å². The Morgan fingerprint density at radius 1 is 1.00 bits per heavy atom. The number of rotatable bonds is 4. The first-order valence-electron chi connectivity index (χ1n) is 10.4. The van der Waals surface area contributed by atoms with Gasteiger partial charge in [-0.1, -0.05) is 36.4 Å². The highest BCUT2D eigenvalue weighted by Crippen LogP contribution is 2.31. The molecule has 1 N–H and O–H groups in total. The monoisotopic (exact) mass is 417 g/mol. The van der Waals surface area contributed by atoms with Crippen molar-refractivity contribution in [2.45, 2.75) is 31.5 Å². The van der Waals surface area contributed by atoms with Gasteiger partial charge in [0.25, 0.3) is 0 Å². The van der Waals surface area contributed by atoms with Crippen LogP contribution in [0, 0.1) is 5.92 Å². The number of piperidine rings is 1. The van der Waals surface area contributed by atoms with Crippen molar-refractivity contribution in [1.82, 2.24) is 9.80 Å². The van der Waals surface area contributed by atoms with E-state index in [0.29, 0.717) is 25.0 Å². The van der Waals surface area contributed by atoms with Gasteiger partial charge in [0, 0.05) is 24.8 Å². The Labute approximate surface area is 174 Å². The standard InChI is InChI=1S/C23H26F3N3O/c24-23(25,26)19-7-4-8-20(14-19)27-22(30)29-15-21(16-29)28-11-9-18(10-12-28)13-17-5-2-1-3-6-17/h1-8,14,18,21H,9-13,15-16H2,(H,27,30). The quantitative estimate of drug-likeness (QED) is 0.770. The van der Waals surface area contributed by atoms with Crippen molar-refractivity contribution < 1.29 is 18.0 Å². The Hall–Kier alpha value is -2.54. The molecule has 2 fully saturated rings. The zero-order valence-corrected chi connectivity index (χ0v) is 16.7. The molecule has 2 aliphatic heterocycles. The number of nitrogens with one attached hydrogen (secondary N) is 1. The van der Waals surface area contributed by atoms with Gasteiger partial charge < -0.3 is 10.2 Å². The number of anilines is 1. The molecule has 2 saturated heterocycles. The maximum absolute atomic E-state index is 12.8. The lowest BCUT2D eigenvalue weighted by Crippen LogP contribution is -2.63. The van der Waals surface area contributed by atoms with Gasteiger partial charge in [0.1, 0.15) is 0 Å². The summed E-state index contributed by atoms with van der Waals surface area (Å²) in [5.74, 6) is 0.698. The minimum absolute atomic E-state index is 0.167. The average molecular weight is 417 g/mol. The summed E-state index contributed by atoms with van der Waals surface area (Å²) in [6, 6.07) is 15.3. The van der Waals surface area contributed by atoms with E-state index in [2.05, 4.69) is 34.5 Å². The lowest BCUT2D eigenvalue weighted by molar-refractivity contribution is -0.137. The van der Waals surface area contributed by atoms with E-state index in [9.17, 15) is 18.0 Å². The van der Waals surface area contributed by atoms with Crippen molar-refractivity contribution >= 4 is 11.7 Å². The molecule has 2 amide bonds. The van der Waals surface area contributed by atoms with Crippen LogP contribution < -0.4 is 5.32 Å². The third-order valence-corrected chi connectivity index (χ3v) is 6.12. The van der Waals surface area contributed by atoms with E-state index in [1.807, 2.05) is 6.07 Å².